The van der Waals surface area contributed by atoms with Crippen LogP contribution in [0.4, 0.5) is 8.78 Å². The summed E-state index contributed by atoms with van der Waals surface area (Å²) in [4.78, 5) is 0. The van der Waals surface area contributed by atoms with Crippen LogP contribution in [0.3, 0.4) is 0 Å². The lowest BCUT2D eigenvalue weighted by Crippen LogP contribution is -1.94. The van der Waals surface area contributed by atoms with Crippen molar-refractivity contribution in [1.29, 1.82) is 0 Å². The van der Waals surface area contributed by atoms with Gasteiger partial charge >= 0.3 is 0 Å². The lowest BCUT2D eigenvalue weighted by atomic mass is 10.0. The number of fused-ring (bicyclic) bond motifs is 1. The fourth-order valence-electron chi connectivity index (χ4n) is 3.31. The predicted molar refractivity (Wildman–Crippen MR) is 117 cm³/mol. The van der Waals surface area contributed by atoms with E-state index in [2.05, 4.69) is 11.8 Å². The number of halogens is 2. The van der Waals surface area contributed by atoms with E-state index in [0.29, 0.717) is 12.2 Å². The number of ether oxygens (including phenoxy) is 1. The van der Waals surface area contributed by atoms with Crippen molar-refractivity contribution in [2.24, 2.45) is 0 Å². The molecule has 3 heteroatoms. The summed E-state index contributed by atoms with van der Waals surface area (Å²) < 4.78 is 33.0. The molecule has 0 unspecified atom stereocenters. The Kier molecular flexibility index (Phi) is 5.88. The molecule has 0 N–H and O–H groups in total. The number of benzene rings is 4. The van der Waals surface area contributed by atoms with E-state index in [1.807, 2.05) is 48.5 Å². The van der Waals surface area contributed by atoms with Crippen LogP contribution in [0.1, 0.15) is 16.7 Å². The van der Waals surface area contributed by atoms with Crippen LogP contribution in [0, 0.1) is 23.5 Å². The molecule has 0 atom stereocenters. The summed E-state index contributed by atoms with van der Waals surface area (Å²) >= 11 is 0. The van der Waals surface area contributed by atoms with Crippen molar-refractivity contribution in [2.75, 3.05) is 13.7 Å². The van der Waals surface area contributed by atoms with Crippen molar-refractivity contribution in [1.82, 2.24) is 0 Å². The molecule has 30 heavy (non-hydrogen) atoms. The van der Waals surface area contributed by atoms with Crippen LogP contribution in [0.15, 0.2) is 78.9 Å². The van der Waals surface area contributed by atoms with Crippen LogP contribution in [0.5, 0.6) is 0 Å². The van der Waals surface area contributed by atoms with Gasteiger partial charge < -0.3 is 4.74 Å². The van der Waals surface area contributed by atoms with Crippen molar-refractivity contribution in [3.05, 3.63) is 107 Å². The molecule has 0 amide bonds. The zero-order valence-corrected chi connectivity index (χ0v) is 16.6. The summed E-state index contributed by atoms with van der Waals surface area (Å²) in [5.41, 5.74) is 4.04. The summed E-state index contributed by atoms with van der Waals surface area (Å²) in [7, 11) is 1.68. The molecule has 0 heterocycles. The Morgan fingerprint density at radius 1 is 0.733 bits per heavy atom. The highest BCUT2D eigenvalue weighted by atomic mass is 19.1. The standard InChI is InChI=1S/C27H20F2O/c1-30-15-14-19-2-6-21(7-3-19)25-11-10-22(27(29)18-25)8-4-20-5-9-24-17-26(28)13-12-23(24)16-20/h2-3,5-7,9-13,16-18H,14-15H2,1H3. The second-order valence-electron chi connectivity index (χ2n) is 7.09. The first kappa shape index (κ1) is 19.8. The molecule has 0 fully saturated rings. The summed E-state index contributed by atoms with van der Waals surface area (Å²) in [5, 5.41) is 1.71. The van der Waals surface area contributed by atoms with E-state index in [1.54, 1.807) is 19.2 Å². The molecular weight excluding hydrogens is 378 g/mol. The van der Waals surface area contributed by atoms with Crippen LogP contribution in [0.25, 0.3) is 21.9 Å². The van der Waals surface area contributed by atoms with E-state index in [9.17, 15) is 8.78 Å². The average Bonchev–Trinajstić information content (AvgIpc) is 2.77. The van der Waals surface area contributed by atoms with E-state index < -0.39 is 0 Å². The zero-order chi connectivity index (χ0) is 20.9. The molecule has 4 aromatic rings. The van der Waals surface area contributed by atoms with Gasteiger partial charge in [-0.25, -0.2) is 8.78 Å². The molecule has 4 aromatic carbocycles. The largest absolute Gasteiger partial charge is 0.384 e. The van der Waals surface area contributed by atoms with Crippen molar-refractivity contribution < 1.29 is 13.5 Å². The van der Waals surface area contributed by atoms with Gasteiger partial charge in [0, 0.05) is 12.7 Å². The Morgan fingerprint density at radius 2 is 1.47 bits per heavy atom. The van der Waals surface area contributed by atoms with Gasteiger partial charge in [-0.3, -0.25) is 0 Å². The van der Waals surface area contributed by atoms with E-state index in [1.165, 1.54) is 23.8 Å². The lowest BCUT2D eigenvalue weighted by molar-refractivity contribution is 0.202. The first-order valence-corrected chi connectivity index (χ1v) is 9.71. The van der Waals surface area contributed by atoms with Gasteiger partial charge in [0.05, 0.1) is 12.2 Å². The van der Waals surface area contributed by atoms with Crippen LogP contribution in [-0.2, 0) is 11.2 Å². The lowest BCUT2D eigenvalue weighted by Gasteiger charge is -2.05. The minimum Gasteiger partial charge on any atom is -0.384 e. The van der Waals surface area contributed by atoms with Gasteiger partial charge in [0.25, 0.3) is 0 Å². The Bertz CT molecular complexity index is 1250. The monoisotopic (exact) mass is 398 g/mol. The third kappa shape index (κ3) is 4.56. The Hall–Kier alpha value is -3.48. The summed E-state index contributed by atoms with van der Waals surface area (Å²) in [6.07, 6.45) is 0.851. The van der Waals surface area contributed by atoms with Gasteiger partial charge in [0.1, 0.15) is 11.6 Å². The van der Waals surface area contributed by atoms with Gasteiger partial charge in [-0.1, -0.05) is 54.3 Å². The molecule has 4 rings (SSSR count). The van der Waals surface area contributed by atoms with E-state index in [4.69, 9.17) is 4.74 Å². The molecule has 0 aliphatic rings. The predicted octanol–water partition coefficient (Wildman–Crippen LogP) is 6.37. The molecule has 0 bridgehead atoms. The third-order valence-electron chi connectivity index (χ3n) is 5.00. The first-order chi connectivity index (χ1) is 14.6. The molecule has 0 saturated carbocycles. The Labute approximate surface area is 174 Å². The summed E-state index contributed by atoms with van der Waals surface area (Å²) in [5.74, 6) is 5.28. The van der Waals surface area contributed by atoms with Gasteiger partial charge in [-0.15, -0.1) is 0 Å². The normalized spacial score (nSPS) is 10.6. The third-order valence-corrected chi connectivity index (χ3v) is 5.00. The second kappa shape index (κ2) is 8.90. The maximum Gasteiger partial charge on any atom is 0.139 e. The van der Waals surface area contributed by atoms with E-state index in [-0.39, 0.29) is 11.6 Å². The van der Waals surface area contributed by atoms with Crippen LogP contribution in [0.2, 0.25) is 0 Å². The minimum atomic E-state index is -0.355. The zero-order valence-electron chi connectivity index (χ0n) is 16.6. The highest BCUT2D eigenvalue weighted by Gasteiger charge is 2.04. The van der Waals surface area contributed by atoms with E-state index in [0.717, 1.165) is 33.9 Å². The van der Waals surface area contributed by atoms with Crippen molar-refractivity contribution in [2.45, 2.75) is 6.42 Å². The maximum atomic E-state index is 14.6. The van der Waals surface area contributed by atoms with Crippen molar-refractivity contribution in [3.63, 3.8) is 0 Å². The Morgan fingerprint density at radius 3 is 2.23 bits per heavy atom. The molecule has 0 aromatic heterocycles. The topological polar surface area (TPSA) is 9.23 Å². The molecule has 0 aliphatic heterocycles. The van der Waals surface area contributed by atoms with Gasteiger partial charge in [0.2, 0.25) is 0 Å². The highest BCUT2D eigenvalue weighted by Crippen LogP contribution is 2.23. The smallest absolute Gasteiger partial charge is 0.139 e. The summed E-state index contributed by atoms with van der Waals surface area (Å²) in [6.45, 7) is 0.676. The molecule has 0 saturated heterocycles. The molecular formula is C27H20F2O. The molecule has 0 aliphatic carbocycles. The number of hydrogen-bond acceptors (Lipinski definition) is 1. The Balaban J connectivity index is 1.55. The van der Waals surface area contributed by atoms with Crippen molar-refractivity contribution >= 4 is 10.8 Å². The maximum absolute atomic E-state index is 14.6. The van der Waals surface area contributed by atoms with Gasteiger partial charge in [0.15, 0.2) is 0 Å². The number of methoxy groups -OCH3 is 1. The SMILES string of the molecule is COCCc1ccc(-c2ccc(C#Cc3ccc4cc(F)ccc4c3)c(F)c2)cc1. The molecule has 0 radical (unpaired) electrons. The molecule has 1 nitrogen and oxygen atoms in total. The second-order valence-corrected chi connectivity index (χ2v) is 7.09. The quantitative estimate of drug-likeness (QED) is 0.363. The van der Waals surface area contributed by atoms with Crippen LogP contribution < -0.4 is 0 Å². The van der Waals surface area contributed by atoms with Gasteiger partial charge in [-0.05, 0) is 70.3 Å². The fraction of sp³-hybridized carbons (Fsp3) is 0.111. The summed E-state index contributed by atoms with van der Waals surface area (Å²) in [6, 6.07) is 23.3. The fourth-order valence-corrected chi connectivity index (χ4v) is 3.31. The van der Waals surface area contributed by atoms with Crippen molar-refractivity contribution in [3.8, 4) is 23.0 Å². The number of hydrogen-bond donors (Lipinski definition) is 0. The van der Waals surface area contributed by atoms with Crippen LogP contribution in [-0.4, -0.2) is 13.7 Å². The van der Waals surface area contributed by atoms with Gasteiger partial charge in [-0.2, -0.15) is 0 Å². The minimum absolute atomic E-state index is 0.270. The van der Waals surface area contributed by atoms with E-state index >= 15 is 0 Å². The highest BCUT2D eigenvalue weighted by molar-refractivity contribution is 5.84. The van der Waals surface area contributed by atoms with Crippen LogP contribution >= 0.6 is 0 Å². The molecule has 148 valence electrons. The first-order valence-electron chi connectivity index (χ1n) is 9.71. The molecule has 0 spiro atoms. The average molecular weight is 398 g/mol. The number of rotatable bonds is 4.